The van der Waals surface area contributed by atoms with Gasteiger partial charge in [-0.2, -0.15) is 0 Å². The van der Waals surface area contributed by atoms with Crippen LogP contribution in [0.3, 0.4) is 0 Å². The Morgan fingerprint density at radius 3 is 2.69 bits per heavy atom. The number of nitrogens with two attached hydrogens (primary N) is 1. The number of allylic oxidation sites excluding steroid dienone is 1. The summed E-state index contributed by atoms with van der Waals surface area (Å²) in [6.45, 7) is 0. The van der Waals surface area contributed by atoms with E-state index in [1.165, 1.54) is 17.5 Å². The summed E-state index contributed by atoms with van der Waals surface area (Å²) in [5.41, 5.74) is 4.78. The van der Waals surface area contributed by atoms with Crippen molar-refractivity contribution in [1.82, 2.24) is 20.2 Å². The lowest BCUT2D eigenvalue weighted by molar-refractivity contribution is -0.155. The second-order valence-electron chi connectivity index (χ2n) is 6.50. The maximum Gasteiger partial charge on any atom is 0.353 e. The number of halogens is 2. The number of carboxylic acid groups (broad SMARTS) is 1. The van der Waals surface area contributed by atoms with E-state index in [0.29, 0.717) is 26.4 Å². The Morgan fingerprint density at radius 1 is 1.38 bits per heavy atom. The first-order valence-electron chi connectivity index (χ1n) is 8.75. The normalized spacial score (nSPS) is 20.8. The number of thioether (sulfide) groups is 1. The van der Waals surface area contributed by atoms with Crippen molar-refractivity contribution in [3.05, 3.63) is 31.2 Å². The summed E-state index contributed by atoms with van der Waals surface area (Å²) < 4.78 is 1.07. The summed E-state index contributed by atoms with van der Waals surface area (Å²) in [4.78, 5) is 46.9. The van der Waals surface area contributed by atoms with Crippen LogP contribution in [-0.2, 0) is 14.4 Å². The first-order valence-corrected chi connectivity index (χ1v) is 12.0. The number of carbonyl (C=O) groups is 3. The van der Waals surface area contributed by atoms with E-state index in [1.807, 2.05) is 0 Å². The quantitative estimate of drug-likeness (QED) is 0.187. The second-order valence-corrected chi connectivity index (χ2v) is 11.1. The summed E-state index contributed by atoms with van der Waals surface area (Å²) >= 11 is 15.1. The van der Waals surface area contributed by atoms with Crippen molar-refractivity contribution in [2.45, 2.75) is 29.3 Å². The topological polar surface area (TPSA) is 171 Å². The van der Waals surface area contributed by atoms with Gasteiger partial charge in [-0.3, -0.25) is 14.5 Å². The molecule has 16 heteroatoms. The Bertz CT molecular complexity index is 1190. The third-order valence-electron chi connectivity index (χ3n) is 4.69. The molecule has 0 spiro atoms. The summed E-state index contributed by atoms with van der Waals surface area (Å²) in [5.74, 6) is -2.76. The number of aliphatic carboxylic acids is 1. The summed E-state index contributed by atoms with van der Waals surface area (Å²) in [6, 6.07) is -1.57. The molecule has 32 heavy (non-hydrogen) atoms. The van der Waals surface area contributed by atoms with Crippen LogP contribution in [0.15, 0.2) is 26.3 Å². The number of β-lactam (4-membered cyclic amide) rings is 1. The number of fused-ring (bicyclic) bond motifs is 1. The second kappa shape index (κ2) is 8.86. The van der Waals surface area contributed by atoms with E-state index in [2.05, 4.69) is 20.4 Å². The zero-order chi connectivity index (χ0) is 23.2. The molecule has 0 aromatic carbocycles. The van der Waals surface area contributed by atoms with Crippen LogP contribution in [-0.4, -0.2) is 60.8 Å². The molecule has 2 aromatic rings. The van der Waals surface area contributed by atoms with Crippen molar-refractivity contribution in [1.29, 1.82) is 0 Å². The lowest BCUT2D eigenvalue weighted by atomic mass is 9.86. The molecule has 0 radical (unpaired) electrons. The molecular formula is C16H12Cl2N6O5S3. The highest BCUT2D eigenvalue weighted by atomic mass is 35.5. The van der Waals surface area contributed by atoms with Gasteiger partial charge < -0.3 is 21.4 Å². The third-order valence-corrected chi connectivity index (χ3v) is 8.11. The van der Waals surface area contributed by atoms with Gasteiger partial charge in [0.05, 0.1) is 12.2 Å². The molecule has 2 amide bonds. The molecule has 4 heterocycles. The van der Waals surface area contributed by atoms with Gasteiger partial charge in [-0.15, -0.1) is 0 Å². The Kier molecular flexibility index (Phi) is 6.31. The van der Waals surface area contributed by atoms with E-state index in [0.717, 1.165) is 28.0 Å². The average molecular weight is 535 g/mol. The fraction of sp³-hybridized carbons (Fsp3) is 0.250. The zero-order valence-corrected chi connectivity index (χ0v) is 19.6. The SMILES string of the molecule is Nc1nc(/C(=N\O)C(=O)N[C@@H]2C(=O)N3C(C(=O)O)=C(Sc4ncc(Cl)s4)CC[C@H]23)c(Cl)s1. The molecule has 0 aliphatic carbocycles. The minimum Gasteiger partial charge on any atom is -0.477 e. The molecule has 11 nitrogen and oxygen atoms in total. The van der Waals surface area contributed by atoms with Gasteiger partial charge >= 0.3 is 5.97 Å². The van der Waals surface area contributed by atoms with E-state index in [1.54, 1.807) is 0 Å². The highest BCUT2D eigenvalue weighted by Gasteiger charge is 2.54. The lowest BCUT2D eigenvalue weighted by Gasteiger charge is -2.49. The molecule has 1 saturated heterocycles. The number of nitrogens with one attached hydrogen (secondary N) is 1. The number of oxime groups is 1. The van der Waals surface area contributed by atoms with Crippen LogP contribution in [0.25, 0.3) is 0 Å². The molecule has 2 aromatic heterocycles. The summed E-state index contributed by atoms with van der Waals surface area (Å²) in [6.07, 6.45) is 2.23. The van der Waals surface area contributed by atoms with Gasteiger partial charge in [0.15, 0.2) is 15.2 Å². The largest absolute Gasteiger partial charge is 0.477 e. The van der Waals surface area contributed by atoms with Crippen LogP contribution in [0.4, 0.5) is 5.13 Å². The molecule has 5 N–H and O–H groups in total. The average Bonchev–Trinajstić information content (AvgIpc) is 3.30. The van der Waals surface area contributed by atoms with E-state index in [-0.39, 0.29) is 20.9 Å². The highest BCUT2D eigenvalue weighted by molar-refractivity contribution is 8.04. The number of nitrogens with zero attached hydrogens (tertiary/aromatic N) is 4. The van der Waals surface area contributed by atoms with E-state index >= 15 is 0 Å². The van der Waals surface area contributed by atoms with Crippen LogP contribution < -0.4 is 11.1 Å². The Morgan fingerprint density at radius 2 is 2.12 bits per heavy atom. The minimum absolute atomic E-state index is 0.0460. The van der Waals surface area contributed by atoms with Crippen LogP contribution in [0.5, 0.6) is 0 Å². The third kappa shape index (κ3) is 4.03. The predicted octanol–water partition coefficient (Wildman–Crippen LogP) is 2.24. The van der Waals surface area contributed by atoms with Crippen LogP contribution in [0.2, 0.25) is 8.67 Å². The number of anilines is 1. The minimum atomic E-state index is -1.26. The molecule has 168 valence electrons. The molecule has 0 saturated carbocycles. The summed E-state index contributed by atoms with van der Waals surface area (Å²) in [5, 5.41) is 24.5. The number of amides is 2. The number of carboxylic acids is 1. The molecule has 1 fully saturated rings. The van der Waals surface area contributed by atoms with Gasteiger partial charge in [0.25, 0.3) is 11.8 Å². The monoisotopic (exact) mass is 534 g/mol. The van der Waals surface area contributed by atoms with E-state index in [9.17, 15) is 24.7 Å². The zero-order valence-electron chi connectivity index (χ0n) is 15.6. The number of rotatable bonds is 6. The molecule has 0 unspecified atom stereocenters. The van der Waals surface area contributed by atoms with E-state index < -0.39 is 35.6 Å². The maximum absolute atomic E-state index is 12.8. The van der Waals surface area contributed by atoms with Crippen molar-refractivity contribution in [2.75, 3.05) is 5.73 Å². The van der Waals surface area contributed by atoms with Crippen molar-refractivity contribution < 1.29 is 24.7 Å². The number of aromatic nitrogens is 2. The van der Waals surface area contributed by atoms with Gasteiger partial charge in [-0.05, 0) is 12.8 Å². The predicted molar refractivity (Wildman–Crippen MR) is 119 cm³/mol. The number of hydrogen-bond donors (Lipinski definition) is 4. The van der Waals surface area contributed by atoms with Gasteiger partial charge in [-0.1, -0.05) is 62.8 Å². The Hall–Kier alpha value is -2.39. The van der Waals surface area contributed by atoms with Crippen LogP contribution >= 0.6 is 57.6 Å². The Balaban J connectivity index is 1.53. The van der Waals surface area contributed by atoms with Gasteiger partial charge in [0.1, 0.15) is 26.1 Å². The Labute approximate surface area is 201 Å². The van der Waals surface area contributed by atoms with Gasteiger partial charge in [0.2, 0.25) is 0 Å². The summed E-state index contributed by atoms with van der Waals surface area (Å²) in [7, 11) is 0. The molecule has 4 rings (SSSR count). The fourth-order valence-corrected chi connectivity index (χ4v) is 6.66. The van der Waals surface area contributed by atoms with Gasteiger partial charge in [0, 0.05) is 4.91 Å². The van der Waals surface area contributed by atoms with Crippen molar-refractivity contribution in [3.8, 4) is 0 Å². The maximum atomic E-state index is 12.8. The molecule has 2 aliphatic rings. The molecule has 2 aliphatic heterocycles. The number of carbonyl (C=O) groups excluding carboxylic acids is 2. The smallest absolute Gasteiger partial charge is 0.353 e. The first kappa shape index (κ1) is 22.8. The number of hydrogen-bond acceptors (Lipinski definition) is 11. The van der Waals surface area contributed by atoms with Crippen molar-refractivity contribution >= 4 is 86.3 Å². The fourth-order valence-electron chi connectivity index (χ4n) is 3.39. The van der Waals surface area contributed by atoms with Crippen LogP contribution in [0.1, 0.15) is 18.5 Å². The van der Waals surface area contributed by atoms with Gasteiger partial charge in [-0.25, -0.2) is 14.8 Å². The highest BCUT2D eigenvalue weighted by Crippen LogP contribution is 2.44. The molecule has 2 atom stereocenters. The lowest BCUT2D eigenvalue weighted by Crippen LogP contribution is -2.72. The molecular weight excluding hydrogens is 523 g/mol. The van der Waals surface area contributed by atoms with Crippen molar-refractivity contribution in [3.63, 3.8) is 0 Å². The van der Waals surface area contributed by atoms with Crippen molar-refractivity contribution in [2.24, 2.45) is 5.16 Å². The number of thiazole rings is 2. The number of nitrogen functional groups attached to an aromatic ring is 1. The van der Waals surface area contributed by atoms with E-state index in [4.69, 9.17) is 28.9 Å². The first-order chi connectivity index (χ1) is 15.2. The molecule has 0 bridgehead atoms. The van der Waals surface area contributed by atoms with Crippen LogP contribution in [0, 0.1) is 0 Å². The standard InChI is InChI=1S/C16H12Cl2N6O5S3/c17-6-3-20-16(31-6)30-5-2-1-4-7(13(26)24(4)10(5)14(27)28)21-12(25)9(23-29)8-11(18)32-15(19)22-8/h3-4,7,29H,1-2H2,(H2,19,22)(H,21,25)(H,27,28)/b23-9+/t4-,7+/m1/s1.